The molecule has 3 amide bonds. The summed E-state index contributed by atoms with van der Waals surface area (Å²) in [6.07, 6.45) is 0. The van der Waals surface area contributed by atoms with Crippen LogP contribution in [0.2, 0.25) is 5.02 Å². The highest BCUT2D eigenvalue weighted by molar-refractivity contribution is 7.92. The van der Waals surface area contributed by atoms with Crippen LogP contribution in [0.3, 0.4) is 0 Å². The van der Waals surface area contributed by atoms with Crippen molar-refractivity contribution in [2.75, 3.05) is 5.73 Å². The van der Waals surface area contributed by atoms with Crippen molar-refractivity contribution in [1.82, 2.24) is 5.32 Å². The molecule has 0 spiro atoms. The summed E-state index contributed by atoms with van der Waals surface area (Å²) < 4.78 is 24.2. The van der Waals surface area contributed by atoms with E-state index in [-0.39, 0.29) is 15.6 Å². The molecule has 0 radical (unpaired) electrons. The van der Waals surface area contributed by atoms with Crippen molar-refractivity contribution in [3.05, 3.63) is 23.2 Å². The zero-order chi connectivity index (χ0) is 14.8. The molecule has 1 unspecified atom stereocenters. The molecule has 104 valence electrons. The van der Waals surface area contributed by atoms with Crippen LogP contribution in [-0.2, 0) is 14.6 Å². The van der Waals surface area contributed by atoms with Gasteiger partial charge in [-0.25, -0.2) is 13.2 Å². The predicted molar refractivity (Wildman–Crippen MR) is 70.2 cm³/mol. The van der Waals surface area contributed by atoms with E-state index in [0.29, 0.717) is 0 Å². The minimum atomic E-state index is -3.98. The molecule has 0 fully saturated rings. The number of carbonyl (C=O) groups is 2. The van der Waals surface area contributed by atoms with Crippen LogP contribution in [0, 0.1) is 0 Å². The molecule has 0 saturated carbocycles. The van der Waals surface area contributed by atoms with Gasteiger partial charge in [0.15, 0.2) is 9.84 Å². The van der Waals surface area contributed by atoms with Crippen molar-refractivity contribution < 1.29 is 18.0 Å². The van der Waals surface area contributed by atoms with Gasteiger partial charge in [-0.3, -0.25) is 10.1 Å². The Morgan fingerprint density at radius 3 is 2.42 bits per heavy atom. The Balaban J connectivity index is 3.13. The van der Waals surface area contributed by atoms with E-state index < -0.39 is 27.0 Å². The van der Waals surface area contributed by atoms with Crippen LogP contribution in [-0.4, -0.2) is 25.6 Å². The van der Waals surface area contributed by atoms with Crippen molar-refractivity contribution in [3.63, 3.8) is 0 Å². The van der Waals surface area contributed by atoms with E-state index in [4.69, 9.17) is 23.1 Å². The average molecular weight is 306 g/mol. The predicted octanol–water partition coefficient (Wildman–Crippen LogP) is 0.279. The molecule has 1 aromatic carbocycles. The average Bonchev–Trinajstić information content (AvgIpc) is 2.30. The van der Waals surface area contributed by atoms with Crippen LogP contribution in [0.5, 0.6) is 0 Å². The summed E-state index contributed by atoms with van der Waals surface area (Å²) in [7, 11) is -3.98. The summed E-state index contributed by atoms with van der Waals surface area (Å²) in [5.41, 5.74) is 10.4. The van der Waals surface area contributed by atoms with E-state index >= 15 is 0 Å². The lowest BCUT2D eigenvalue weighted by atomic mass is 10.3. The molecule has 5 N–H and O–H groups in total. The lowest BCUT2D eigenvalue weighted by Crippen LogP contribution is -2.43. The first-order valence-electron chi connectivity index (χ1n) is 5.05. The highest BCUT2D eigenvalue weighted by atomic mass is 35.5. The van der Waals surface area contributed by atoms with Crippen LogP contribution < -0.4 is 16.8 Å². The van der Waals surface area contributed by atoms with Crippen molar-refractivity contribution in [2.24, 2.45) is 5.73 Å². The fraction of sp³-hybridized carbons (Fsp3) is 0.200. The Morgan fingerprint density at radius 1 is 1.37 bits per heavy atom. The second-order valence-corrected chi connectivity index (χ2v) is 6.40. The number of anilines is 1. The standard InChI is InChI=1S/C10H12ClN3O4S/c1-5(9(15)14-10(13)16)19(17,18)6-2-3-8(12)7(11)4-6/h2-5H,12H2,1H3,(H3,13,14,15,16). The summed E-state index contributed by atoms with van der Waals surface area (Å²) in [6.45, 7) is 1.14. The summed E-state index contributed by atoms with van der Waals surface area (Å²) >= 11 is 5.72. The van der Waals surface area contributed by atoms with Gasteiger partial charge >= 0.3 is 6.03 Å². The SMILES string of the molecule is CC(C(=O)NC(N)=O)S(=O)(=O)c1ccc(N)c(Cl)c1. The molecule has 1 rings (SSSR count). The normalized spacial score (nSPS) is 12.7. The van der Waals surface area contributed by atoms with Crippen LogP contribution in [0.15, 0.2) is 23.1 Å². The Morgan fingerprint density at radius 2 is 1.95 bits per heavy atom. The van der Waals surface area contributed by atoms with Gasteiger partial charge in [0.25, 0.3) is 0 Å². The number of sulfone groups is 1. The van der Waals surface area contributed by atoms with Gasteiger partial charge in [-0.05, 0) is 25.1 Å². The number of nitrogens with one attached hydrogen (secondary N) is 1. The number of hydrogen-bond acceptors (Lipinski definition) is 5. The van der Waals surface area contributed by atoms with Gasteiger partial charge in [-0.15, -0.1) is 0 Å². The lowest BCUT2D eigenvalue weighted by molar-refractivity contribution is -0.119. The molecule has 0 aliphatic heterocycles. The quantitative estimate of drug-likeness (QED) is 0.690. The number of rotatable bonds is 3. The van der Waals surface area contributed by atoms with Gasteiger partial charge in [0.05, 0.1) is 15.6 Å². The molecule has 0 aliphatic rings. The zero-order valence-electron chi connectivity index (χ0n) is 9.88. The van der Waals surface area contributed by atoms with E-state index in [9.17, 15) is 18.0 Å². The van der Waals surface area contributed by atoms with Gasteiger partial charge < -0.3 is 11.5 Å². The zero-order valence-corrected chi connectivity index (χ0v) is 11.5. The number of imide groups is 1. The fourth-order valence-electron chi connectivity index (χ4n) is 1.25. The molecule has 0 saturated heterocycles. The molecule has 0 aliphatic carbocycles. The molecule has 0 bridgehead atoms. The van der Waals surface area contributed by atoms with E-state index in [0.717, 1.165) is 13.0 Å². The molecule has 19 heavy (non-hydrogen) atoms. The van der Waals surface area contributed by atoms with Gasteiger partial charge in [-0.1, -0.05) is 11.6 Å². The summed E-state index contributed by atoms with van der Waals surface area (Å²) in [5.74, 6) is -1.01. The molecule has 7 nitrogen and oxygen atoms in total. The summed E-state index contributed by atoms with van der Waals surface area (Å²) in [5, 5.41) is 0.280. The summed E-state index contributed by atoms with van der Waals surface area (Å²) in [6, 6.07) is 2.56. The number of benzene rings is 1. The second-order valence-electron chi connectivity index (χ2n) is 3.72. The number of carbonyl (C=O) groups excluding carboxylic acids is 2. The monoisotopic (exact) mass is 305 g/mol. The third-order valence-corrected chi connectivity index (χ3v) is 4.76. The largest absolute Gasteiger partial charge is 0.398 e. The fourth-order valence-corrected chi connectivity index (χ4v) is 2.79. The Hall–Kier alpha value is -1.80. The van der Waals surface area contributed by atoms with E-state index in [2.05, 4.69) is 0 Å². The number of nitrogens with two attached hydrogens (primary N) is 2. The smallest absolute Gasteiger partial charge is 0.318 e. The third-order valence-electron chi connectivity index (χ3n) is 2.38. The molecule has 1 aromatic rings. The molecule has 1 atom stereocenters. The highest BCUT2D eigenvalue weighted by Gasteiger charge is 2.30. The second kappa shape index (κ2) is 5.45. The maximum Gasteiger partial charge on any atom is 0.318 e. The van der Waals surface area contributed by atoms with Crippen LogP contribution in [0.4, 0.5) is 10.5 Å². The minimum absolute atomic E-state index is 0.0589. The van der Waals surface area contributed by atoms with E-state index in [1.54, 1.807) is 5.32 Å². The Labute approximate surface area is 114 Å². The molecular formula is C10H12ClN3O4S. The van der Waals surface area contributed by atoms with E-state index in [1.807, 2.05) is 0 Å². The van der Waals surface area contributed by atoms with Crippen molar-refractivity contribution in [1.29, 1.82) is 0 Å². The van der Waals surface area contributed by atoms with Crippen LogP contribution in [0.1, 0.15) is 6.92 Å². The number of halogens is 1. The van der Waals surface area contributed by atoms with Gasteiger partial charge in [-0.2, -0.15) is 0 Å². The van der Waals surface area contributed by atoms with Gasteiger partial charge in [0.2, 0.25) is 5.91 Å². The van der Waals surface area contributed by atoms with Crippen molar-refractivity contribution >= 4 is 39.1 Å². The van der Waals surface area contributed by atoms with Crippen molar-refractivity contribution in [2.45, 2.75) is 17.1 Å². The summed E-state index contributed by atoms with van der Waals surface area (Å²) in [4.78, 5) is 21.8. The number of primary amides is 1. The number of nitrogen functional groups attached to an aromatic ring is 1. The van der Waals surface area contributed by atoms with Crippen LogP contribution >= 0.6 is 11.6 Å². The Kier molecular flexibility index (Phi) is 4.38. The van der Waals surface area contributed by atoms with Gasteiger partial charge in [0.1, 0.15) is 5.25 Å². The van der Waals surface area contributed by atoms with E-state index in [1.165, 1.54) is 12.1 Å². The lowest BCUT2D eigenvalue weighted by Gasteiger charge is -2.12. The maximum absolute atomic E-state index is 12.1. The Bertz CT molecular complexity index is 630. The number of hydrogen-bond donors (Lipinski definition) is 3. The number of amides is 3. The topological polar surface area (TPSA) is 132 Å². The molecule has 0 aromatic heterocycles. The maximum atomic E-state index is 12.1. The first kappa shape index (κ1) is 15.3. The third kappa shape index (κ3) is 3.36. The minimum Gasteiger partial charge on any atom is -0.398 e. The van der Waals surface area contributed by atoms with Crippen LogP contribution in [0.25, 0.3) is 0 Å². The molecular weight excluding hydrogens is 294 g/mol. The highest BCUT2D eigenvalue weighted by Crippen LogP contribution is 2.24. The molecule has 9 heteroatoms. The first-order valence-corrected chi connectivity index (χ1v) is 6.98. The number of urea groups is 1. The van der Waals surface area contributed by atoms with Crippen molar-refractivity contribution in [3.8, 4) is 0 Å². The van der Waals surface area contributed by atoms with Gasteiger partial charge in [0, 0.05) is 0 Å². The first-order chi connectivity index (χ1) is 8.66. The molecule has 0 heterocycles.